The molecule has 0 spiro atoms. The van der Waals surface area contributed by atoms with Crippen LogP contribution in [0.3, 0.4) is 0 Å². The maximum atomic E-state index is 13.3. The highest BCUT2D eigenvalue weighted by Gasteiger charge is 2.31. The van der Waals surface area contributed by atoms with Crippen molar-refractivity contribution in [1.29, 1.82) is 0 Å². The minimum Gasteiger partial charge on any atom is -0.331 e. The van der Waals surface area contributed by atoms with Gasteiger partial charge in [-0.1, -0.05) is 17.4 Å². The number of carbonyl (C=O) groups excluding carboxylic acids is 1. The van der Waals surface area contributed by atoms with Crippen molar-refractivity contribution in [3.63, 3.8) is 0 Å². The van der Waals surface area contributed by atoms with E-state index in [2.05, 4.69) is 16.0 Å². The summed E-state index contributed by atoms with van der Waals surface area (Å²) in [6.45, 7) is 2.70. The standard InChI is InChI=1S/C19H20N4OS/c1-14-17(25-19(21-14)22-10-4-5-11-22)18(24)23-12-3-2-8-16(23)15-7-6-9-20-13-15/h4-7,9-11,13,16H,2-3,8,12H2,1H3/t16-/m1/s1. The average Bonchev–Trinajstić information content (AvgIpc) is 3.31. The smallest absolute Gasteiger partial charge is 0.266 e. The molecule has 1 fully saturated rings. The summed E-state index contributed by atoms with van der Waals surface area (Å²) >= 11 is 1.46. The van der Waals surface area contributed by atoms with Crippen molar-refractivity contribution < 1.29 is 4.79 Å². The van der Waals surface area contributed by atoms with Crippen LogP contribution in [0, 0.1) is 6.92 Å². The number of aryl methyl sites for hydroxylation is 1. The predicted octanol–water partition coefficient (Wildman–Crippen LogP) is 4.00. The molecule has 4 rings (SSSR count). The quantitative estimate of drug-likeness (QED) is 0.716. The van der Waals surface area contributed by atoms with Crippen LogP contribution in [-0.2, 0) is 0 Å². The Labute approximate surface area is 151 Å². The molecule has 1 amide bonds. The Hall–Kier alpha value is -2.47. The lowest BCUT2D eigenvalue weighted by Gasteiger charge is -2.35. The second-order valence-electron chi connectivity index (χ2n) is 6.30. The van der Waals surface area contributed by atoms with Crippen LogP contribution < -0.4 is 0 Å². The Kier molecular flexibility index (Phi) is 4.36. The van der Waals surface area contributed by atoms with Gasteiger partial charge in [-0.15, -0.1) is 0 Å². The van der Waals surface area contributed by atoms with Gasteiger partial charge >= 0.3 is 0 Å². The Morgan fingerprint density at radius 1 is 1.24 bits per heavy atom. The van der Waals surface area contributed by atoms with Crippen LogP contribution in [0.15, 0.2) is 49.1 Å². The van der Waals surface area contributed by atoms with E-state index in [1.807, 2.05) is 53.2 Å². The van der Waals surface area contributed by atoms with Crippen LogP contribution in [0.1, 0.15) is 46.2 Å². The van der Waals surface area contributed by atoms with Crippen molar-refractivity contribution in [2.45, 2.75) is 32.2 Å². The zero-order chi connectivity index (χ0) is 17.2. The monoisotopic (exact) mass is 352 g/mol. The Balaban J connectivity index is 1.65. The van der Waals surface area contributed by atoms with Gasteiger partial charge in [0, 0.05) is 31.3 Å². The number of likely N-dealkylation sites (tertiary alicyclic amines) is 1. The first kappa shape index (κ1) is 16.0. The highest BCUT2D eigenvalue weighted by atomic mass is 32.1. The number of amides is 1. The number of thiazole rings is 1. The van der Waals surface area contributed by atoms with E-state index < -0.39 is 0 Å². The minimum atomic E-state index is 0.0851. The lowest BCUT2D eigenvalue weighted by Crippen LogP contribution is -2.38. The topological polar surface area (TPSA) is 51.0 Å². The number of aromatic nitrogens is 3. The molecule has 5 nitrogen and oxygen atoms in total. The maximum absolute atomic E-state index is 13.3. The molecule has 3 aromatic rings. The van der Waals surface area contributed by atoms with Crippen LogP contribution in [0.4, 0.5) is 0 Å². The summed E-state index contributed by atoms with van der Waals surface area (Å²) in [7, 11) is 0. The van der Waals surface area contributed by atoms with E-state index in [4.69, 9.17) is 0 Å². The lowest BCUT2D eigenvalue weighted by atomic mass is 9.96. The molecule has 0 bridgehead atoms. The molecule has 25 heavy (non-hydrogen) atoms. The van der Waals surface area contributed by atoms with Crippen LogP contribution in [0.5, 0.6) is 0 Å². The van der Waals surface area contributed by atoms with Crippen molar-refractivity contribution in [1.82, 2.24) is 19.4 Å². The molecule has 3 aromatic heterocycles. The molecule has 0 radical (unpaired) electrons. The zero-order valence-electron chi connectivity index (χ0n) is 14.1. The van der Waals surface area contributed by atoms with Gasteiger partial charge in [-0.3, -0.25) is 9.78 Å². The fraction of sp³-hybridized carbons (Fsp3) is 0.316. The van der Waals surface area contributed by atoms with Crippen molar-refractivity contribution in [2.24, 2.45) is 0 Å². The highest BCUT2D eigenvalue weighted by molar-refractivity contribution is 7.16. The Morgan fingerprint density at radius 2 is 2.08 bits per heavy atom. The number of piperidine rings is 1. The molecule has 1 aliphatic heterocycles. The normalized spacial score (nSPS) is 17.6. The van der Waals surface area contributed by atoms with Gasteiger partial charge < -0.3 is 9.47 Å². The Bertz CT molecular complexity index is 857. The van der Waals surface area contributed by atoms with Gasteiger partial charge in [0.2, 0.25) is 0 Å². The molecule has 0 aliphatic carbocycles. The van der Waals surface area contributed by atoms with Gasteiger partial charge in [0.1, 0.15) is 4.88 Å². The summed E-state index contributed by atoms with van der Waals surface area (Å²) < 4.78 is 1.95. The summed E-state index contributed by atoms with van der Waals surface area (Å²) in [4.78, 5) is 24.8. The van der Waals surface area contributed by atoms with Crippen molar-refractivity contribution in [3.05, 3.63) is 65.2 Å². The van der Waals surface area contributed by atoms with Gasteiger partial charge in [0.15, 0.2) is 5.13 Å². The van der Waals surface area contributed by atoms with E-state index in [1.54, 1.807) is 6.20 Å². The van der Waals surface area contributed by atoms with Crippen LogP contribution in [0.2, 0.25) is 0 Å². The molecule has 0 N–H and O–H groups in total. The predicted molar refractivity (Wildman–Crippen MR) is 98.0 cm³/mol. The number of carbonyl (C=O) groups is 1. The maximum Gasteiger partial charge on any atom is 0.266 e. The van der Waals surface area contributed by atoms with Gasteiger partial charge in [-0.25, -0.2) is 4.98 Å². The van der Waals surface area contributed by atoms with Crippen molar-refractivity contribution >= 4 is 17.2 Å². The number of hydrogen-bond donors (Lipinski definition) is 0. The largest absolute Gasteiger partial charge is 0.331 e. The first-order chi connectivity index (χ1) is 12.2. The van der Waals surface area contributed by atoms with Crippen molar-refractivity contribution in [2.75, 3.05) is 6.54 Å². The summed E-state index contributed by atoms with van der Waals surface area (Å²) in [6, 6.07) is 8.03. The fourth-order valence-electron chi connectivity index (χ4n) is 3.38. The van der Waals surface area contributed by atoms with Crippen LogP contribution in [0.25, 0.3) is 5.13 Å². The molecule has 128 valence electrons. The number of pyridine rings is 1. The lowest BCUT2D eigenvalue weighted by molar-refractivity contribution is 0.0615. The highest BCUT2D eigenvalue weighted by Crippen LogP contribution is 2.33. The molecule has 1 atom stereocenters. The van der Waals surface area contributed by atoms with E-state index >= 15 is 0 Å². The molecule has 4 heterocycles. The summed E-state index contributed by atoms with van der Waals surface area (Å²) in [5.74, 6) is 0.0851. The van der Waals surface area contributed by atoms with E-state index in [0.717, 1.165) is 47.1 Å². The SMILES string of the molecule is Cc1nc(-n2cccc2)sc1C(=O)N1CCCC[C@@H]1c1cccnc1. The van der Waals surface area contributed by atoms with Crippen LogP contribution >= 0.6 is 11.3 Å². The summed E-state index contributed by atoms with van der Waals surface area (Å²) in [5.41, 5.74) is 1.91. The number of rotatable bonds is 3. The zero-order valence-corrected chi connectivity index (χ0v) is 14.9. The molecule has 6 heteroatoms. The van der Waals surface area contributed by atoms with Crippen molar-refractivity contribution in [3.8, 4) is 5.13 Å². The second kappa shape index (κ2) is 6.80. The second-order valence-corrected chi connectivity index (χ2v) is 7.28. The van der Waals surface area contributed by atoms with Crippen LogP contribution in [-0.4, -0.2) is 31.9 Å². The Morgan fingerprint density at radius 3 is 2.84 bits per heavy atom. The fourth-order valence-corrected chi connectivity index (χ4v) is 4.37. The van der Waals surface area contributed by atoms with Gasteiger partial charge in [-0.2, -0.15) is 0 Å². The minimum absolute atomic E-state index is 0.0851. The molecular formula is C19H20N4OS. The summed E-state index contributed by atoms with van der Waals surface area (Å²) in [5, 5.41) is 0.834. The number of hydrogen-bond acceptors (Lipinski definition) is 4. The number of nitrogens with zero attached hydrogens (tertiary/aromatic N) is 4. The van der Waals surface area contributed by atoms with Gasteiger partial charge in [-0.05, 0) is 49.9 Å². The first-order valence-corrected chi connectivity index (χ1v) is 9.37. The third kappa shape index (κ3) is 3.09. The van der Waals surface area contributed by atoms with E-state index in [9.17, 15) is 4.79 Å². The average molecular weight is 352 g/mol. The van der Waals surface area contributed by atoms with Gasteiger partial charge in [0.25, 0.3) is 5.91 Å². The van der Waals surface area contributed by atoms with Gasteiger partial charge in [0.05, 0.1) is 11.7 Å². The molecular weight excluding hydrogens is 332 g/mol. The first-order valence-electron chi connectivity index (χ1n) is 8.55. The van der Waals surface area contributed by atoms with E-state index in [0.29, 0.717) is 0 Å². The van der Waals surface area contributed by atoms with E-state index in [1.165, 1.54) is 11.3 Å². The molecule has 0 aromatic carbocycles. The van der Waals surface area contributed by atoms with E-state index in [-0.39, 0.29) is 11.9 Å². The summed E-state index contributed by atoms with van der Waals surface area (Å²) in [6.07, 6.45) is 10.7. The molecule has 0 saturated carbocycles. The molecule has 1 saturated heterocycles. The molecule has 0 unspecified atom stereocenters. The molecule has 1 aliphatic rings. The third-order valence-electron chi connectivity index (χ3n) is 4.64. The third-order valence-corrected chi connectivity index (χ3v) is 5.80.